The van der Waals surface area contributed by atoms with Crippen molar-refractivity contribution in [3.05, 3.63) is 17.6 Å². The van der Waals surface area contributed by atoms with Gasteiger partial charge in [0.2, 0.25) is 0 Å². The van der Waals surface area contributed by atoms with E-state index in [4.69, 9.17) is 0 Å². The summed E-state index contributed by atoms with van der Waals surface area (Å²) in [6.07, 6.45) is 0. The summed E-state index contributed by atoms with van der Waals surface area (Å²) in [6.45, 7) is 10.5. The van der Waals surface area contributed by atoms with E-state index in [0.29, 0.717) is 11.8 Å². The van der Waals surface area contributed by atoms with Gasteiger partial charge in [0.25, 0.3) is 0 Å². The molecule has 4 heteroatoms. The Labute approximate surface area is 111 Å². The molecule has 0 bridgehead atoms. The van der Waals surface area contributed by atoms with E-state index in [1.807, 2.05) is 14.0 Å². The Morgan fingerprint density at radius 2 is 1.94 bits per heavy atom. The van der Waals surface area contributed by atoms with Crippen LogP contribution in [0.25, 0.3) is 0 Å². The minimum absolute atomic E-state index is 0.367. The van der Waals surface area contributed by atoms with Crippen molar-refractivity contribution < 1.29 is 0 Å². The van der Waals surface area contributed by atoms with Crippen LogP contribution >= 0.6 is 0 Å². The van der Waals surface area contributed by atoms with Gasteiger partial charge in [-0.15, -0.1) is 0 Å². The second-order valence-corrected chi connectivity index (χ2v) is 5.42. The SMILES string of the molecule is CNCC(C)CN(C)c1cc(C)nc(C(C)C)n1. The summed E-state index contributed by atoms with van der Waals surface area (Å²) >= 11 is 0. The molecule has 0 amide bonds. The van der Waals surface area contributed by atoms with Gasteiger partial charge in [-0.05, 0) is 26.4 Å². The van der Waals surface area contributed by atoms with Crippen LogP contribution in [0.15, 0.2) is 6.07 Å². The van der Waals surface area contributed by atoms with Gasteiger partial charge < -0.3 is 10.2 Å². The number of aromatic nitrogens is 2. The van der Waals surface area contributed by atoms with E-state index < -0.39 is 0 Å². The third-order valence-electron chi connectivity index (χ3n) is 2.90. The van der Waals surface area contributed by atoms with Crippen LogP contribution in [0.3, 0.4) is 0 Å². The highest BCUT2D eigenvalue weighted by atomic mass is 15.2. The van der Waals surface area contributed by atoms with Crippen LogP contribution in [0, 0.1) is 12.8 Å². The van der Waals surface area contributed by atoms with Gasteiger partial charge >= 0.3 is 0 Å². The Morgan fingerprint density at radius 3 is 2.50 bits per heavy atom. The highest BCUT2D eigenvalue weighted by Crippen LogP contribution is 2.16. The molecule has 0 aliphatic heterocycles. The lowest BCUT2D eigenvalue weighted by Gasteiger charge is -2.23. The van der Waals surface area contributed by atoms with Crippen LogP contribution in [0.5, 0.6) is 0 Å². The molecule has 18 heavy (non-hydrogen) atoms. The molecule has 1 aromatic rings. The molecule has 0 aliphatic rings. The molecule has 1 rings (SSSR count). The molecule has 1 heterocycles. The number of rotatable bonds is 6. The second kappa shape index (κ2) is 6.69. The summed E-state index contributed by atoms with van der Waals surface area (Å²) in [5.74, 6) is 2.91. The highest BCUT2D eigenvalue weighted by Gasteiger charge is 2.11. The summed E-state index contributed by atoms with van der Waals surface area (Å²) in [7, 11) is 4.08. The number of nitrogens with one attached hydrogen (secondary N) is 1. The zero-order chi connectivity index (χ0) is 13.7. The first-order valence-electron chi connectivity index (χ1n) is 6.65. The van der Waals surface area contributed by atoms with Crippen LogP contribution < -0.4 is 10.2 Å². The first-order chi connectivity index (χ1) is 8.43. The Morgan fingerprint density at radius 1 is 1.28 bits per heavy atom. The van der Waals surface area contributed by atoms with E-state index >= 15 is 0 Å². The molecular formula is C14H26N4. The third-order valence-corrected chi connectivity index (χ3v) is 2.90. The molecule has 1 aromatic heterocycles. The lowest BCUT2D eigenvalue weighted by atomic mass is 10.1. The Kier molecular flexibility index (Phi) is 5.54. The monoisotopic (exact) mass is 250 g/mol. The normalized spacial score (nSPS) is 12.8. The lowest BCUT2D eigenvalue weighted by molar-refractivity contribution is 0.540. The maximum atomic E-state index is 4.64. The van der Waals surface area contributed by atoms with Gasteiger partial charge in [0.05, 0.1) is 0 Å². The van der Waals surface area contributed by atoms with E-state index in [-0.39, 0.29) is 0 Å². The van der Waals surface area contributed by atoms with Gasteiger partial charge in [0, 0.05) is 31.3 Å². The molecule has 4 nitrogen and oxygen atoms in total. The largest absolute Gasteiger partial charge is 0.359 e. The smallest absolute Gasteiger partial charge is 0.133 e. The number of nitrogens with zero attached hydrogens (tertiary/aromatic N) is 3. The zero-order valence-electron chi connectivity index (χ0n) is 12.5. The molecule has 1 N–H and O–H groups in total. The molecule has 0 aliphatic carbocycles. The Balaban J connectivity index is 2.81. The number of aryl methyl sites for hydroxylation is 1. The van der Waals surface area contributed by atoms with Crippen molar-refractivity contribution in [3.8, 4) is 0 Å². The topological polar surface area (TPSA) is 41.0 Å². The van der Waals surface area contributed by atoms with Crippen molar-refractivity contribution >= 4 is 5.82 Å². The molecule has 0 fully saturated rings. The maximum Gasteiger partial charge on any atom is 0.133 e. The van der Waals surface area contributed by atoms with Gasteiger partial charge in [-0.25, -0.2) is 9.97 Å². The highest BCUT2D eigenvalue weighted by molar-refractivity contribution is 5.39. The standard InChI is InChI=1S/C14H26N4/c1-10(2)14-16-12(4)7-13(17-14)18(6)9-11(3)8-15-5/h7,10-11,15H,8-9H2,1-6H3. The quantitative estimate of drug-likeness (QED) is 0.840. The van der Waals surface area contributed by atoms with Crippen LogP contribution in [0.4, 0.5) is 5.82 Å². The van der Waals surface area contributed by atoms with Crippen LogP contribution in [-0.2, 0) is 0 Å². The molecule has 1 unspecified atom stereocenters. The minimum Gasteiger partial charge on any atom is -0.359 e. The molecule has 1 atom stereocenters. The fourth-order valence-corrected chi connectivity index (χ4v) is 2.00. The predicted octanol–water partition coefficient (Wildman–Crippen LogP) is 2.20. The maximum absolute atomic E-state index is 4.64. The van der Waals surface area contributed by atoms with Crippen LogP contribution in [0.1, 0.15) is 38.2 Å². The van der Waals surface area contributed by atoms with Crippen molar-refractivity contribution in [2.24, 2.45) is 5.92 Å². The number of hydrogen-bond donors (Lipinski definition) is 1. The Bertz CT molecular complexity index is 376. The molecule has 102 valence electrons. The van der Waals surface area contributed by atoms with E-state index in [2.05, 4.69) is 54.1 Å². The summed E-state index contributed by atoms with van der Waals surface area (Å²) < 4.78 is 0. The van der Waals surface area contributed by atoms with Gasteiger partial charge in [-0.1, -0.05) is 20.8 Å². The fraction of sp³-hybridized carbons (Fsp3) is 0.714. The summed E-state index contributed by atoms with van der Waals surface area (Å²) in [6, 6.07) is 2.05. The molecule has 0 spiro atoms. The fourth-order valence-electron chi connectivity index (χ4n) is 2.00. The summed E-state index contributed by atoms with van der Waals surface area (Å²) in [5, 5.41) is 3.21. The summed E-state index contributed by atoms with van der Waals surface area (Å²) in [5.41, 5.74) is 1.04. The minimum atomic E-state index is 0.367. The summed E-state index contributed by atoms with van der Waals surface area (Å²) in [4.78, 5) is 11.3. The predicted molar refractivity (Wildman–Crippen MR) is 77.2 cm³/mol. The average Bonchev–Trinajstić information content (AvgIpc) is 2.28. The molecular weight excluding hydrogens is 224 g/mol. The van der Waals surface area contributed by atoms with Crippen LogP contribution in [-0.4, -0.2) is 37.2 Å². The van der Waals surface area contributed by atoms with Crippen molar-refractivity contribution in [2.45, 2.75) is 33.6 Å². The molecule has 0 saturated carbocycles. The van der Waals surface area contributed by atoms with Gasteiger partial charge in [0.1, 0.15) is 11.6 Å². The van der Waals surface area contributed by atoms with E-state index in [1.165, 1.54) is 0 Å². The van der Waals surface area contributed by atoms with Crippen LogP contribution in [0.2, 0.25) is 0 Å². The van der Waals surface area contributed by atoms with E-state index in [1.54, 1.807) is 0 Å². The molecule has 0 aromatic carbocycles. The Hall–Kier alpha value is -1.16. The van der Waals surface area contributed by atoms with Crippen molar-refractivity contribution in [2.75, 3.05) is 32.1 Å². The average molecular weight is 250 g/mol. The zero-order valence-corrected chi connectivity index (χ0v) is 12.5. The van der Waals surface area contributed by atoms with Crippen molar-refractivity contribution in [1.82, 2.24) is 15.3 Å². The van der Waals surface area contributed by atoms with Crippen molar-refractivity contribution in [3.63, 3.8) is 0 Å². The second-order valence-electron chi connectivity index (χ2n) is 5.42. The molecule has 0 radical (unpaired) electrons. The van der Waals surface area contributed by atoms with E-state index in [9.17, 15) is 0 Å². The number of anilines is 1. The lowest BCUT2D eigenvalue weighted by Crippen LogP contribution is -2.30. The first-order valence-corrected chi connectivity index (χ1v) is 6.65. The first kappa shape index (κ1) is 14.9. The third kappa shape index (κ3) is 4.26. The van der Waals surface area contributed by atoms with E-state index in [0.717, 1.165) is 30.4 Å². The number of hydrogen-bond acceptors (Lipinski definition) is 4. The van der Waals surface area contributed by atoms with Gasteiger partial charge in [0.15, 0.2) is 0 Å². The van der Waals surface area contributed by atoms with Crippen molar-refractivity contribution in [1.29, 1.82) is 0 Å². The van der Waals surface area contributed by atoms with Gasteiger partial charge in [-0.2, -0.15) is 0 Å². The molecule has 0 saturated heterocycles. The van der Waals surface area contributed by atoms with Gasteiger partial charge in [-0.3, -0.25) is 0 Å².